The average molecular weight is 488 g/mol. The summed E-state index contributed by atoms with van der Waals surface area (Å²) in [7, 11) is -4.03. The lowest BCUT2D eigenvalue weighted by atomic mass is 9.75. The van der Waals surface area contributed by atoms with E-state index in [1.807, 2.05) is 0 Å². The lowest BCUT2D eigenvalue weighted by molar-refractivity contribution is -0.128. The molecule has 0 amide bonds. The molecule has 9 nitrogen and oxygen atoms in total. The van der Waals surface area contributed by atoms with E-state index in [9.17, 15) is 28.2 Å². The molecule has 0 fully saturated rings. The summed E-state index contributed by atoms with van der Waals surface area (Å²) < 4.78 is 37.7. The molecule has 0 aliphatic carbocycles. The van der Waals surface area contributed by atoms with E-state index in [1.54, 1.807) is 20.8 Å². The van der Waals surface area contributed by atoms with E-state index in [0.29, 0.717) is 5.75 Å². The Morgan fingerprint density at radius 1 is 1.06 bits per heavy atom. The molecule has 1 aliphatic rings. The number of anilines is 1. The van der Waals surface area contributed by atoms with Crippen molar-refractivity contribution < 1.29 is 28.1 Å². The van der Waals surface area contributed by atoms with Crippen molar-refractivity contribution in [2.45, 2.75) is 54.7 Å². The van der Waals surface area contributed by atoms with Crippen LogP contribution in [-0.4, -0.2) is 36.4 Å². The predicted molar refractivity (Wildman–Crippen MR) is 124 cm³/mol. The van der Waals surface area contributed by atoms with E-state index in [4.69, 9.17) is 9.47 Å². The number of nitrogens with one attached hydrogen (secondary N) is 1. The summed E-state index contributed by atoms with van der Waals surface area (Å²) in [6, 6.07) is 8.45. The third-order valence-corrected chi connectivity index (χ3v) is 8.07. The van der Waals surface area contributed by atoms with E-state index < -0.39 is 37.9 Å². The van der Waals surface area contributed by atoms with Crippen LogP contribution >= 0.6 is 0 Å². The number of benzene rings is 2. The lowest BCUT2D eigenvalue weighted by Gasteiger charge is -2.50. The Hall–Kier alpha value is -3.37. The molecule has 1 heterocycles. The van der Waals surface area contributed by atoms with E-state index in [-0.39, 0.29) is 39.1 Å². The Kier molecular flexibility index (Phi) is 5.49. The molecule has 0 bridgehead atoms. The van der Waals surface area contributed by atoms with Crippen LogP contribution < -0.4 is 25.6 Å². The van der Waals surface area contributed by atoms with Gasteiger partial charge in [-0.3, -0.25) is 9.59 Å². The van der Waals surface area contributed by atoms with Gasteiger partial charge in [-0.2, -0.15) is 0 Å². The number of sulfone groups is 1. The van der Waals surface area contributed by atoms with Gasteiger partial charge in [-0.15, -0.1) is 0 Å². The fraction of sp³-hybridized carbons (Fsp3) is 0.333. The normalized spacial score (nSPS) is 21.5. The van der Waals surface area contributed by atoms with Gasteiger partial charge >= 0.3 is 0 Å². The van der Waals surface area contributed by atoms with Crippen LogP contribution in [0.15, 0.2) is 61.8 Å². The molecule has 0 saturated carbocycles. The van der Waals surface area contributed by atoms with Gasteiger partial charge in [-0.1, -0.05) is 6.07 Å². The van der Waals surface area contributed by atoms with Gasteiger partial charge in [0.1, 0.15) is 28.4 Å². The van der Waals surface area contributed by atoms with Gasteiger partial charge < -0.3 is 25.0 Å². The highest BCUT2D eigenvalue weighted by Gasteiger charge is 2.53. The van der Waals surface area contributed by atoms with Gasteiger partial charge in [0, 0.05) is 5.56 Å². The Bertz CT molecular complexity index is 1450. The number of fused-ring (bicyclic) bond motifs is 1. The summed E-state index contributed by atoms with van der Waals surface area (Å²) >= 11 is 0. The van der Waals surface area contributed by atoms with Crippen LogP contribution in [-0.2, 0) is 9.84 Å². The zero-order valence-corrected chi connectivity index (χ0v) is 19.9. The number of phenols is 1. The maximum Gasteiger partial charge on any atom is 0.272 e. The molecule has 4 rings (SSSR count). The Morgan fingerprint density at radius 2 is 1.74 bits per heavy atom. The number of phenolic OH excluding ortho intramolecular Hbond substituents is 1. The second-order valence-electron chi connectivity index (χ2n) is 8.83. The summed E-state index contributed by atoms with van der Waals surface area (Å²) in [5, 5.41) is 24.1. The maximum atomic E-state index is 13.2. The molecule has 0 spiro atoms. The molecule has 0 radical (unpaired) electrons. The first-order valence-electron chi connectivity index (χ1n) is 10.6. The van der Waals surface area contributed by atoms with E-state index in [2.05, 4.69) is 5.32 Å². The molecule has 3 N–H and O–H groups in total. The first-order chi connectivity index (χ1) is 15.8. The Morgan fingerprint density at radius 3 is 2.38 bits per heavy atom. The quantitative estimate of drug-likeness (QED) is 0.447. The topological polar surface area (TPSA) is 139 Å². The third kappa shape index (κ3) is 3.54. The molecule has 3 aromatic carbocycles. The fourth-order valence-corrected chi connectivity index (χ4v) is 5.31. The highest BCUT2D eigenvalue weighted by molar-refractivity contribution is 7.91. The molecular formula is C24H25NO8S. The Balaban J connectivity index is 1.86. The number of hydrogen-bond acceptors (Lipinski definition) is 9. The minimum absolute atomic E-state index is 0.0815. The van der Waals surface area contributed by atoms with Crippen molar-refractivity contribution in [3.63, 3.8) is 0 Å². The molecule has 0 unspecified atom stereocenters. The number of rotatable bonds is 6. The smallest absolute Gasteiger partial charge is 0.272 e. The van der Waals surface area contributed by atoms with E-state index in [0.717, 1.165) is 6.07 Å². The third-order valence-electron chi connectivity index (χ3n) is 6.32. The zero-order chi connectivity index (χ0) is 25.1. The standard InChI is InChI=1S/C24H25NO8S/c1-5-32-21-18(19(27)20(21)28)25-22-16-12-15(34(30,31)14-8-6-7-13(26)11-14)9-10-17(16)33-23(2,3)24(22,4)29/h6-12,22,25-26,29H,5H2,1-4H3/t22-,24+/m1/s1. The SMILES string of the molecule is CCOc1c(N[C@@H]2c3cc(S(=O)(=O)c4cccc(O)c4)ccc3OC(C)(C)[C@@]2(C)O)c(=O)c1=O. The average Bonchev–Trinajstić information content (AvgIpc) is 2.77. The van der Waals surface area contributed by atoms with Crippen molar-refractivity contribution in [3.8, 4) is 17.2 Å². The van der Waals surface area contributed by atoms with Crippen molar-refractivity contribution in [2.75, 3.05) is 11.9 Å². The summed E-state index contributed by atoms with van der Waals surface area (Å²) in [6.07, 6.45) is 0. The highest BCUT2D eigenvalue weighted by Crippen LogP contribution is 2.48. The van der Waals surface area contributed by atoms with Crippen LogP contribution in [0.1, 0.15) is 39.3 Å². The van der Waals surface area contributed by atoms with Gasteiger partial charge in [0.05, 0.1) is 22.4 Å². The molecule has 2 atom stereocenters. The molecule has 0 aromatic heterocycles. The van der Waals surface area contributed by atoms with E-state index in [1.165, 1.54) is 43.3 Å². The van der Waals surface area contributed by atoms with Crippen molar-refractivity contribution in [1.82, 2.24) is 0 Å². The molecule has 180 valence electrons. The Labute approximate surface area is 196 Å². The van der Waals surface area contributed by atoms with Crippen molar-refractivity contribution in [3.05, 3.63) is 68.5 Å². The predicted octanol–water partition coefficient (Wildman–Crippen LogP) is 2.29. The van der Waals surface area contributed by atoms with Crippen LogP contribution in [0.25, 0.3) is 0 Å². The van der Waals surface area contributed by atoms with E-state index >= 15 is 0 Å². The molecular weight excluding hydrogens is 462 g/mol. The van der Waals surface area contributed by atoms with Gasteiger partial charge in [-0.05, 0) is 64.1 Å². The summed E-state index contributed by atoms with van der Waals surface area (Å²) in [4.78, 5) is 24.0. The van der Waals surface area contributed by atoms with Crippen molar-refractivity contribution in [1.29, 1.82) is 0 Å². The van der Waals surface area contributed by atoms with Crippen LogP contribution in [0.3, 0.4) is 0 Å². The molecule has 0 saturated heterocycles. The first kappa shape index (κ1) is 23.8. The van der Waals surface area contributed by atoms with Crippen molar-refractivity contribution >= 4 is 15.5 Å². The highest BCUT2D eigenvalue weighted by atomic mass is 32.2. The largest absolute Gasteiger partial charge is 0.508 e. The minimum atomic E-state index is -4.03. The number of hydrogen-bond donors (Lipinski definition) is 3. The molecule has 34 heavy (non-hydrogen) atoms. The van der Waals surface area contributed by atoms with Gasteiger partial charge in [0.25, 0.3) is 10.9 Å². The molecule has 10 heteroatoms. The number of aliphatic hydroxyl groups is 1. The first-order valence-corrected chi connectivity index (χ1v) is 12.1. The second-order valence-corrected chi connectivity index (χ2v) is 10.8. The molecule has 1 aliphatic heterocycles. The van der Waals surface area contributed by atoms with Gasteiger partial charge in [0.2, 0.25) is 9.84 Å². The monoisotopic (exact) mass is 487 g/mol. The molecule has 3 aromatic rings. The number of aromatic hydroxyl groups is 1. The zero-order valence-electron chi connectivity index (χ0n) is 19.1. The summed E-state index contributed by atoms with van der Waals surface area (Å²) in [6.45, 7) is 6.65. The fourth-order valence-electron chi connectivity index (χ4n) is 3.97. The van der Waals surface area contributed by atoms with Gasteiger partial charge in [-0.25, -0.2) is 8.42 Å². The summed E-state index contributed by atoms with van der Waals surface area (Å²) in [5.74, 6) is -0.0200. The minimum Gasteiger partial charge on any atom is -0.508 e. The summed E-state index contributed by atoms with van der Waals surface area (Å²) in [5.41, 5.74) is -4.14. The maximum absolute atomic E-state index is 13.2. The van der Waals surface area contributed by atoms with Crippen LogP contribution in [0, 0.1) is 0 Å². The lowest BCUT2D eigenvalue weighted by Crippen LogP contribution is -2.60. The van der Waals surface area contributed by atoms with Crippen LogP contribution in [0.4, 0.5) is 5.69 Å². The number of ether oxygens (including phenoxy) is 2. The van der Waals surface area contributed by atoms with Crippen molar-refractivity contribution in [2.24, 2.45) is 0 Å². The van der Waals surface area contributed by atoms with Crippen LogP contribution in [0.2, 0.25) is 0 Å². The second kappa shape index (κ2) is 7.85. The van der Waals surface area contributed by atoms with Crippen LogP contribution in [0.5, 0.6) is 17.2 Å². The van der Waals surface area contributed by atoms with Gasteiger partial charge in [0.15, 0.2) is 5.75 Å².